The van der Waals surface area contributed by atoms with E-state index < -0.39 is 11.8 Å². The van der Waals surface area contributed by atoms with E-state index in [-0.39, 0.29) is 5.02 Å². The van der Waals surface area contributed by atoms with Gasteiger partial charge < -0.3 is 10.4 Å². The van der Waals surface area contributed by atoms with Crippen LogP contribution in [0.1, 0.15) is 6.92 Å². The van der Waals surface area contributed by atoms with Crippen molar-refractivity contribution in [2.24, 2.45) is 0 Å². The summed E-state index contributed by atoms with van der Waals surface area (Å²) in [7, 11) is 0. The van der Waals surface area contributed by atoms with Crippen molar-refractivity contribution in [1.82, 2.24) is 0 Å². The number of carboxylic acid groups (broad SMARTS) is 1. The summed E-state index contributed by atoms with van der Waals surface area (Å²) < 4.78 is 12.7. The minimum Gasteiger partial charge on any atom is -0.478 e. The van der Waals surface area contributed by atoms with Gasteiger partial charge in [0.2, 0.25) is 0 Å². The molecule has 0 radical (unpaired) electrons. The predicted octanol–water partition coefficient (Wildman–Crippen LogP) is 2.92. The molecule has 0 aliphatic carbocycles. The highest BCUT2D eigenvalue weighted by Gasteiger charge is 2.01. The Kier molecular flexibility index (Phi) is 4.31. The summed E-state index contributed by atoms with van der Waals surface area (Å²) in [6.45, 7) is 2.02. The largest absolute Gasteiger partial charge is 0.478 e. The van der Waals surface area contributed by atoms with E-state index in [0.717, 1.165) is 6.08 Å². The lowest BCUT2D eigenvalue weighted by Crippen LogP contribution is -2.05. The summed E-state index contributed by atoms with van der Waals surface area (Å²) in [5.74, 6) is -1.40. The molecule has 0 atom stereocenters. The lowest BCUT2D eigenvalue weighted by Gasteiger charge is -2.08. The first-order chi connectivity index (χ1) is 7.49. The highest BCUT2D eigenvalue weighted by molar-refractivity contribution is 6.33. The molecule has 2 N–H and O–H groups in total. The Labute approximate surface area is 97.5 Å². The Morgan fingerprint density at radius 1 is 1.62 bits per heavy atom. The molecule has 0 aromatic heterocycles. The maximum absolute atomic E-state index is 12.7. The molecule has 5 heteroatoms. The van der Waals surface area contributed by atoms with E-state index in [2.05, 4.69) is 5.32 Å². The third-order valence-electron chi connectivity index (χ3n) is 1.86. The lowest BCUT2D eigenvalue weighted by atomic mass is 10.2. The molecule has 0 amide bonds. The zero-order valence-corrected chi connectivity index (χ0v) is 9.38. The third kappa shape index (κ3) is 3.90. The molecule has 0 unspecified atom stereocenters. The number of aliphatic carboxylic acids is 1. The van der Waals surface area contributed by atoms with Crippen LogP contribution in [0.4, 0.5) is 10.1 Å². The molecule has 3 nitrogen and oxygen atoms in total. The van der Waals surface area contributed by atoms with Gasteiger partial charge in [-0.25, -0.2) is 9.18 Å². The molecule has 0 spiro atoms. The molecule has 0 heterocycles. The fourth-order valence-corrected chi connectivity index (χ4v) is 1.36. The van der Waals surface area contributed by atoms with Gasteiger partial charge in [-0.2, -0.15) is 0 Å². The maximum atomic E-state index is 12.7. The Bertz CT molecular complexity index is 432. The summed E-state index contributed by atoms with van der Waals surface area (Å²) in [5, 5.41) is 11.7. The fraction of sp³-hybridized carbons (Fsp3) is 0.182. The topological polar surface area (TPSA) is 49.3 Å². The monoisotopic (exact) mass is 243 g/mol. The normalized spacial score (nSPS) is 11.3. The van der Waals surface area contributed by atoms with E-state index >= 15 is 0 Å². The van der Waals surface area contributed by atoms with E-state index in [1.807, 2.05) is 0 Å². The smallest absolute Gasteiger partial charge is 0.328 e. The van der Waals surface area contributed by atoms with Crippen molar-refractivity contribution < 1.29 is 14.3 Å². The van der Waals surface area contributed by atoms with E-state index in [1.54, 1.807) is 6.92 Å². The molecule has 0 aliphatic rings. The van der Waals surface area contributed by atoms with Crippen molar-refractivity contribution in [3.8, 4) is 0 Å². The summed E-state index contributed by atoms with van der Waals surface area (Å²) >= 11 is 5.78. The maximum Gasteiger partial charge on any atom is 0.328 e. The van der Waals surface area contributed by atoms with Crippen LogP contribution in [0.15, 0.2) is 29.8 Å². The number of halogens is 2. The number of anilines is 1. The highest BCUT2D eigenvalue weighted by Crippen LogP contribution is 2.22. The van der Waals surface area contributed by atoms with Crippen molar-refractivity contribution >= 4 is 23.3 Å². The fourth-order valence-electron chi connectivity index (χ4n) is 1.13. The van der Waals surface area contributed by atoms with E-state index in [4.69, 9.17) is 16.7 Å². The van der Waals surface area contributed by atoms with Crippen LogP contribution in [0.3, 0.4) is 0 Å². The van der Waals surface area contributed by atoms with Crippen LogP contribution in [0.2, 0.25) is 5.02 Å². The number of hydrogen-bond acceptors (Lipinski definition) is 2. The van der Waals surface area contributed by atoms with Crippen molar-refractivity contribution in [2.75, 3.05) is 11.9 Å². The van der Waals surface area contributed by atoms with Gasteiger partial charge in [0, 0.05) is 12.6 Å². The van der Waals surface area contributed by atoms with Gasteiger partial charge in [0.15, 0.2) is 0 Å². The second-order valence-electron chi connectivity index (χ2n) is 3.31. The number of carbonyl (C=O) groups is 1. The predicted molar refractivity (Wildman–Crippen MR) is 61.3 cm³/mol. The molecule has 1 rings (SSSR count). The first-order valence-corrected chi connectivity index (χ1v) is 4.96. The van der Waals surface area contributed by atoms with Gasteiger partial charge in [-0.3, -0.25) is 0 Å². The van der Waals surface area contributed by atoms with Crippen molar-refractivity contribution in [3.05, 3.63) is 40.7 Å². The average molecular weight is 244 g/mol. The minimum absolute atomic E-state index is 0.267. The Hall–Kier alpha value is -1.55. The van der Waals surface area contributed by atoms with E-state index in [0.29, 0.717) is 17.8 Å². The van der Waals surface area contributed by atoms with Gasteiger partial charge >= 0.3 is 5.97 Å². The minimum atomic E-state index is -0.996. The molecule has 1 aromatic rings. The Morgan fingerprint density at radius 3 is 2.88 bits per heavy atom. The summed E-state index contributed by atoms with van der Waals surface area (Å²) in [6, 6.07) is 3.98. The average Bonchev–Trinajstić information content (AvgIpc) is 2.15. The molecule has 16 heavy (non-hydrogen) atoms. The van der Waals surface area contributed by atoms with E-state index in [1.165, 1.54) is 18.2 Å². The van der Waals surface area contributed by atoms with Crippen LogP contribution in [0.5, 0.6) is 0 Å². The van der Waals surface area contributed by atoms with Crippen LogP contribution in [0.25, 0.3) is 0 Å². The lowest BCUT2D eigenvalue weighted by molar-refractivity contribution is -0.131. The zero-order valence-electron chi connectivity index (χ0n) is 8.63. The number of carboxylic acids is 1. The van der Waals surface area contributed by atoms with Crippen molar-refractivity contribution in [2.45, 2.75) is 6.92 Å². The SMILES string of the molecule is C/C(=C/C(=O)O)CNc1ccc(F)cc1Cl. The van der Waals surface area contributed by atoms with Crippen LogP contribution in [-0.4, -0.2) is 17.6 Å². The summed E-state index contributed by atoms with van der Waals surface area (Å²) in [6.07, 6.45) is 1.10. The van der Waals surface area contributed by atoms with Crippen molar-refractivity contribution in [1.29, 1.82) is 0 Å². The number of nitrogens with one attached hydrogen (secondary N) is 1. The molecule has 0 fully saturated rings. The molecular formula is C11H11ClFNO2. The molecule has 0 bridgehead atoms. The molecule has 86 valence electrons. The standard InChI is InChI=1S/C11H11ClFNO2/c1-7(4-11(15)16)6-14-10-3-2-8(13)5-9(10)12/h2-5,14H,6H2,1H3,(H,15,16)/b7-4-. The zero-order chi connectivity index (χ0) is 12.1. The van der Waals surface area contributed by atoms with Gasteiger partial charge in [-0.1, -0.05) is 11.6 Å². The van der Waals surface area contributed by atoms with Gasteiger partial charge in [-0.15, -0.1) is 0 Å². The van der Waals surface area contributed by atoms with Crippen LogP contribution < -0.4 is 5.32 Å². The molecular weight excluding hydrogens is 233 g/mol. The first-order valence-electron chi connectivity index (χ1n) is 4.58. The summed E-state index contributed by atoms with van der Waals surface area (Å²) in [4.78, 5) is 10.4. The van der Waals surface area contributed by atoms with Gasteiger partial charge in [0.25, 0.3) is 0 Å². The Balaban J connectivity index is 2.65. The van der Waals surface area contributed by atoms with Crippen LogP contribution in [-0.2, 0) is 4.79 Å². The van der Waals surface area contributed by atoms with E-state index in [9.17, 15) is 9.18 Å². The van der Waals surface area contributed by atoms with Crippen molar-refractivity contribution in [3.63, 3.8) is 0 Å². The molecule has 0 saturated carbocycles. The number of hydrogen-bond donors (Lipinski definition) is 2. The molecule has 0 saturated heterocycles. The molecule has 1 aromatic carbocycles. The van der Waals surface area contributed by atoms with Gasteiger partial charge in [-0.05, 0) is 30.7 Å². The van der Waals surface area contributed by atoms with Crippen LogP contribution in [0, 0.1) is 5.82 Å². The number of benzene rings is 1. The number of rotatable bonds is 4. The quantitative estimate of drug-likeness (QED) is 0.800. The van der Waals surface area contributed by atoms with Crippen LogP contribution >= 0.6 is 11.6 Å². The first kappa shape index (κ1) is 12.5. The summed E-state index contributed by atoms with van der Waals surface area (Å²) in [5.41, 5.74) is 1.22. The van der Waals surface area contributed by atoms with Gasteiger partial charge in [0.1, 0.15) is 5.82 Å². The molecule has 0 aliphatic heterocycles. The Morgan fingerprint density at radius 2 is 2.31 bits per heavy atom. The second-order valence-corrected chi connectivity index (χ2v) is 3.71. The second kappa shape index (κ2) is 5.51. The third-order valence-corrected chi connectivity index (χ3v) is 2.17. The highest BCUT2D eigenvalue weighted by atomic mass is 35.5. The van der Waals surface area contributed by atoms with Gasteiger partial charge in [0.05, 0.1) is 10.7 Å².